The minimum absolute atomic E-state index is 0.157. The predicted octanol–water partition coefficient (Wildman–Crippen LogP) is 3.53. The predicted molar refractivity (Wildman–Crippen MR) is 110 cm³/mol. The van der Waals surface area contributed by atoms with Gasteiger partial charge in [-0.2, -0.15) is 0 Å². The molecule has 152 valence electrons. The Morgan fingerprint density at radius 2 is 1.74 bits per heavy atom. The summed E-state index contributed by atoms with van der Waals surface area (Å²) in [4.78, 5) is 24.9. The number of nitrogens with one attached hydrogen (secondary N) is 2. The number of aryl methyl sites for hydroxylation is 1. The van der Waals surface area contributed by atoms with Crippen molar-refractivity contribution >= 4 is 11.8 Å². The zero-order chi connectivity index (χ0) is 20.3. The van der Waals surface area contributed by atoms with Crippen molar-refractivity contribution < 1.29 is 14.3 Å². The zero-order valence-electron chi connectivity index (χ0n) is 17.6. The average Bonchev–Trinajstić information content (AvgIpc) is 2.59. The number of unbranched alkanes of at least 4 members (excludes halogenated alkanes) is 3. The molecule has 0 aliphatic rings. The molecule has 27 heavy (non-hydrogen) atoms. The fourth-order valence-electron chi connectivity index (χ4n) is 2.54. The van der Waals surface area contributed by atoms with Gasteiger partial charge in [0.05, 0.1) is 18.6 Å². The number of ether oxygens (including phenoxy) is 1. The standard InChI is InChI=1S/C22H36N2O3/c1-6-7-8-9-14-23-21(26)19(16-27-22(3,4)5)24-20(25)15-18-12-10-17(2)11-13-18/h10-13,19H,6-9,14-16H2,1-5H3,(H,23,26)(H,24,25)/t19-/m0/s1. The second kappa shape index (κ2) is 11.8. The van der Waals surface area contributed by atoms with E-state index in [2.05, 4.69) is 17.6 Å². The SMILES string of the molecule is CCCCCCNC(=O)[C@H](COC(C)(C)C)NC(=O)Cc1ccc(C)cc1. The monoisotopic (exact) mass is 376 g/mol. The molecule has 0 bridgehead atoms. The van der Waals surface area contributed by atoms with E-state index in [0.29, 0.717) is 6.54 Å². The first-order valence-corrected chi connectivity index (χ1v) is 9.98. The van der Waals surface area contributed by atoms with Crippen LogP contribution in [0.5, 0.6) is 0 Å². The highest BCUT2D eigenvalue weighted by molar-refractivity contribution is 5.88. The van der Waals surface area contributed by atoms with Crippen LogP contribution in [0.25, 0.3) is 0 Å². The summed E-state index contributed by atoms with van der Waals surface area (Å²) in [6.45, 7) is 10.7. The number of carbonyl (C=O) groups excluding carboxylic acids is 2. The van der Waals surface area contributed by atoms with Crippen LogP contribution in [0.3, 0.4) is 0 Å². The molecule has 1 aromatic carbocycles. The van der Waals surface area contributed by atoms with Gasteiger partial charge >= 0.3 is 0 Å². The summed E-state index contributed by atoms with van der Waals surface area (Å²) in [7, 11) is 0. The smallest absolute Gasteiger partial charge is 0.244 e. The number of hydrogen-bond donors (Lipinski definition) is 2. The van der Waals surface area contributed by atoms with Crippen LogP contribution >= 0.6 is 0 Å². The van der Waals surface area contributed by atoms with Crippen molar-refractivity contribution in [3.8, 4) is 0 Å². The number of amides is 2. The highest BCUT2D eigenvalue weighted by Crippen LogP contribution is 2.08. The highest BCUT2D eigenvalue weighted by atomic mass is 16.5. The maximum absolute atomic E-state index is 12.5. The van der Waals surface area contributed by atoms with Crippen LogP contribution in [0.1, 0.15) is 64.5 Å². The Balaban J connectivity index is 2.59. The topological polar surface area (TPSA) is 67.4 Å². The van der Waals surface area contributed by atoms with Crippen LogP contribution in [0.15, 0.2) is 24.3 Å². The molecule has 0 heterocycles. The first-order chi connectivity index (χ1) is 12.7. The van der Waals surface area contributed by atoms with Gasteiger partial charge in [0.2, 0.25) is 11.8 Å². The summed E-state index contributed by atoms with van der Waals surface area (Å²) in [6, 6.07) is 7.14. The van der Waals surface area contributed by atoms with E-state index in [-0.39, 0.29) is 30.4 Å². The van der Waals surface area contributed by atoms with Gasteiger partial charge in [-0.3, -0.25) is 9.59 Å². The summed E-state index contributed by atoms with van der Waals surface area (Å²) >= 11 is 0. The molecule has 0 aliphatic carbocycles. The van der Waals surface area contributed by atoms with Crippen molar-refractivity contribution in [1.29, 1.82) is 0 Å². The molecule has 2 N–H and O–H groups in total. The van der Waals surface area contributed by atoms with Crippen LogP contribution in [-0.4, -0.2) is 36.6 Å². The van der Waals surface area contributed by atoms with Crippen LogP contribution in [0, 0.1) is 6.92 Å². The van der Waals surface area contributed by atoms with Gasteiger partial charge < -0.3 is 15.4 Å². The molecular formula is C22H36N2O3. The largest absolute Gasteiger partial charge is 0.373 e. The van der Waals surface area contributed by atoms with Gasteiger partial charge in [0.1, 0.15) is 6.04 Å². The Kier molecular flexibility index (Phi) is 10.1. The maximum atomic E-state index is 12.5. The van der Waals surface area contributed by atoms with E-state index in [0.717, 1.165) is 30.4 Å². The lowest BCUT2D eigenvalue weighted by Crippen LogP contribution is -2.51. The summed E-state index contributed by atoms with van der Waals surface area (Å²) in [5, 5.41) is 5.75. The van der Waals surface area contributed by atoms with Crippen LogP contribution in [-0.2, 0) is 20.7 Å². The van der Waals surface area contributed by atoms with Crippen LogP contribution < -0.4 is 10.6 Å². The molecule has 0 saturated heterocycles. The van der Waals surface area contributed by atoms with E-state index < -0.39 is 6.04 Å². The Morgan fingerprint density at radius 3 is 2.33 bits per heavy atom. The molecule has 0 fully saturated rings. The zero-order valence-corrected chi connectivity index (χ0v) is 17.6. The van der Waals surface area contributed by atoms with Crippen molar-refractivity contribution in [2.45, 2.75) is 78.4 Å². The number of carbonyl (C=O) groups is 2. The second-order valence-corrected chi connectivity index (χ2v) is 8.06. The molecule has 1 rings (SSSR count). The van der Waals surface area contributed by atoms with E-state index in [1.54, 1.807) is 0 Å². The fourth-order valence-corrected chi connectivity index (χ4v) is 2.54. The third kappa shape index (κ3) is 10.8. The summed E-state index contributed by atoms with van der Waals surface area (Å²) in [5.74, 6) is -0.365. The van der Waals surface area contributed by atoms with Gasteiger partial charge in [-0.15, -0.1) is 0 Å². The van der Waals surface area contributed by atoms with Crippen molar-refractivity contribution in [1.82, 2.24) is 10.6 Å². The molecule has 1 aromatic rings. The van der Waals surface area contributed by atoms with Gasteiger partial charge in [0, 0.05) is 6.54 Å². The van der Waals surface area contributed by atoms with E-state index >= 15 is 0 Å². The normalized spacial score (nSPS) is 12.5. The summed E-state index contributed by atoms with van der Waals surface area (Å²) < 4.78 is 5.75. The van der Waals surface area contributed by atoms with Gasteiger partial charge in [-0.1, -0.05) is 56.0 Å². The molecule has 5 heteroatoms. The highest BCUT2D eigenvalue weighted by Gasteiger charge is 2.23. The first kappa shape index (κ1) is 23.2. The molecule has 0 spiro atoms. The molecule has 2 amide bonds. The van der Waals surface area contributed by atoms with Crippen LogP contribution in [0.2, 0.25) is 0 Å². The minimum atomic E-state index is -0.687. The molecule has 0 saturated carbocycles. The van der Waals surface area contributed by atoms with E-state index in [1.807, 2.05) is 52.0 Å². The summed E-state index contributed by atoms with van der Waals surface area (Å²) in [6.07, 6.45) is 4.62. The third-order valence-corrected chi connectivity index (χ3v) is 4.15. The quantitative estimate of drug-likeness (QED) is 0.581. The molecule has 0 unspecified atom stereocenters. The van der Waals surface area contributed by atoms with Crippen molar-refractivity contribution in [3.63, 3.8) is 0 Å². The fraction of sp³-hybridized carbons (Fsp3) is 0.636. The van der Waals surface area contributed by atoms with Gasteiger partial charge in [0.15, 0.2) is 0 Å². The minimum Gasteiger partial charge on any atom is -0.373 e. The maximum Gasteiger partial charge on any atom is 0.244 e. The van der Waals surface area contributed by atoms with E-state index in [4.69, 9.17) is 4.74 Å². The van der Waals surface area contributed by atoms with Gasteiger partial charge in [-0.05, 0) is 39.7 Å². The van der Waals surface area contributed by atoms with Crippen LogP contribution in [0.4, 0.5) is 0 Å². The second-order valence-electron chi connectivity index (χ2n) is 8.06. The molecular weight excluding hydrogens is 340 g/mol. The van der Waals surface area contributed by atoms with Gasteiger partial charge in [0.25, 0.3) is 0 Å². The Hall–Kier alpha value is -1.88. The molecule has 0 aromatic heterocycles. The summed E-state index contributed by atoms with van der Waals surface area (Å²) in [5.41, 5.74) is 1.70. The lowest BCUT2D eigenvalue weighted by atomic mass is 10.1. The molecule has 5 nitrogen and oxygen atoms in total. The van der Waals surface area contributed by atoms with Gasteiger partial charge in [-0.25, -0.2) is 0 Å². The average molecular weight is 377 g/mol. The first-order valence-electron chi connectivity index (χ1n) is 9.98. The number of rotatable bonds is 11. The van der Waals surface area contributed by atoms with E-state index in [9.17, 15) is 9.59 Å². The molecule has 0 aliphatic heterocycles. The number of benzene rings is 1. The molecule has 1 atom stereocenters. The van der Waals surface area contributed by atoms with Crippen molar-refractivity contribution in [2.24, 2.45) is 0 Å². The third-order valence-electron chi connectivity index (χ3n) is 4.15. The van der Waals surface area contributed by atoms with Crippen molar-refractivity contribution in [3.05, 3.63) is 35.4 Å². The van der Waals surface area contributed by atoms with E-state index in [1.165, 1.54) is 6.42 Å². The lowest BCUT2D eigenvalue weighted by Gasteiger charge is -2.25. The molecule has 0 radical (unpaired) electrons. The lowest BCUT2D eigenvalue weighted by molar-refractivity contribution is -0.132. The Labute approximate surface area is 164 Å². The Morgan fingerprint density at radius 1 is 1.07 bits per heavy atom. The Bertz CT molecular complexity index is 576. The van der Waals surface area contributed by atoms with Crippen molar-refractivity contribution in [2.75, 3.05) is 13.2 Å². The number of hydrogen-bond acceptors (Lipinski definition) is 3.